The minimum absolute atomic E-state index is 0.0557. The Labute approximate surface area is 153 Å². The third-order valence-electron chi connectivity index (χ3n) is 5.23. The second kappa shape index (κ2) is 6.90. The first-order valence-corrected chi connectivity index (χ1v) is 9.20. The van der Waals surface area contributed by atoms with E-state index >= 15 is 0 Å². The zero-order chi connectivity index (χ0) is 18.1. The number of nitrogens with one attached hydrogen (secondary N) is 1. The molecule has 0 radical (unpaired) electrons. The molecule has 1 fully saturated rings. The van der Waals surface area contributed by atoms with Crippen molar-refractivity contribution in [3.05, 3.63) is 53.1 Å². The average molecular weight is 352 g/mol. The van der Waals surface area contributed by atoms with Gasteiger partial charge in [0.25, 0.3) is 0 Å². The summed E-state index contributed by atoms with van der Waals surface area (Å²) < 4.78 is 5.18. The summed E-state index contributed by atoms with van der Waals surface area (Å²) in [5.41, 5.74) is 4.52. The van der Waals surface area contributed by atoms with E-state index in [0.29, 0.717) is 12.3 Å². The Morgan fingerprint density at radius 1 is 1.27 bits per heavy atom. The molecule has 2 aromatic rings. The fraction of sp³-hybridized carbons (Fsp3) is 0.381. The summed E-state index contributed by atoms with van der Waals surface area (Å²) in [6.07, 6.45) is 5.36. The minimum atomic E-state index is -0.0557. The maximum atomic E-state index is 13.0. The van der Waals surface area contributed by atoms with Crippen molar-refractivity contribution in [2.45, 2.75) is 44.7 Å². The number of benzene rings is 2. The van der Waals surface area contributed by atoms with Gasteiger partial charge in [0, 0.05) is 18.3 Å². The van der Waals surface area contributed by atoms with Crippen molar-refractivity contribution < 1.29 is 14.6 Å². The Kier molecular flexibility index (Phi) is 4.45. The zero-order valence-corrected chi connectivity index (χ0v) is 15.0. The Morgan fingerprint density at radius 3 is 2.88 bits per heavy atom. The van der Waals surface area contributed by atoms with Gasteiger partial charge >= 0.3 is 6.03 Å². The van der Waals surface area contributed by atoms with Gasteiger partial charge in [0.05, 0.1) is 7.11 Å². The molecule has 136 valence electrons. The number of fused-ring (bicyclic) bond motifs is 1. The van der Waals surface area contributed by atoms with E-state index in [4.69, 9.17) is 4.74 Å². The summed E-state index contributed by atoms with van der Waals surface area (Å²) in [5.74, 6) is 0.540. The number of aryl methyl sites for hydroxylation is 1. The number of urea groups is 1. The fourth-order valence-corrected chi connectivity index (χ4v) is 3.69. The van der Waals surface area contributed by atoms with Gasteiger partial charge in [0.2, 0.25) is 0 Å². The highest BCUT2D eigenvalue weighted by Gasteiger charge is 2.33. The van der Waals surface area contributed by atoms with Crippen molar-refractivity contribution in [3.8, 4) is 11.5 Å². The predicted molar refractivity (Wildman–Crippen MR) is 101 cm³/mol. The maximum Gasteiger partial charge on any atom is 0.322 e. The van der Waals surface area contributed by atoms with Gasteiger partial charge in [0.1, 0.15) is 0 Å². The Bertz CT molecular complexity index is 830. The Morgan fingerprint density at radius 2 is 2.12 bits per heavy atom. The first-order chi connectivity index (χ1) is 12.7. The highest BCUT2D eigenvalue weighted by molar-refractivity contribution is 5.91. The molecule has 4 rings (SSSR count). The number of hydrogen-bond acceptors (Lipinski definition) is 3. The second-order valence-electron chi connectivity index (χ2n) is 7.09. The molecule has 0 bridgehead atoms. The molecule has 26 heavy (non-hydrogen) atoms. The lowest BCUT2D eigenvalue weighted by Gasteiger charge is -2.24. The van der Waals surface area contributed by atoms with Crippen molar-refractivity contribution >= 4 is 11.7 Å². The number of carbonyl (C=O) groups excluding carboxylic acids is 1. The van der Waals surface area contributed by atoms with Gasteiger partial charge in [-0.2, -0.15) is 0 Å². The van der Waals surface area contributed by atoms with Crippen LogP contribution >= 0.6 is 0 Å². The van der Waals surface area contributed by atoms with Gasteiger partial charge < -0.3 is 20.1 Å². The molecule has 0 aliphatic heterocycles. The lowest BCUT2D eigenvalue weighted by atomic mass is 10.1. The average Bonchev–Trinajstić information content (AvgIpc) is 3.37. The number of ether oxygens (including phenoxy) is 1. The maximum absolute atomic E-state index is 13.0. The van der Waals surface area contributed by atoms with Gasteiger partial charge in [-0.15, -0.1) is 0 Å². The summed E-state index contributed by atoms with van der Waals surface area (Å²) in [5, 5.41) is 12.9. The summed E-state index contributed by atoms with van der Waals surface area (Å²) in [6, 6.07) is 11.6. The molecule has 0 atom stereocenters. The normalized spacial score (nSPS) is 15.4. The molecule has 2 aliphatic rings. The van der Waals surface area contributed by atoms with E-state index in [0.717, 1.165) is 43.4 Å². The first-order valence-electron chi connectivity index (χ1n) is 9.20. The Hall–Kier alpha value is -2.69. The topological polar surface area (TPSA) is 61.8 Å². The largest absolute Gasteiger partial charge is 0.504 e. The van der Waals surface area contributed by atoms with Crippen LogP contribution in [0.25, 0.3) is 0 Å². The number of phenolic OH excluding ortho intramolecular Hbond substituents is 1. The number of nitrogens with zero attached hydrogens (tertiary/aromatic N) is 1. The number of rotatable bonds is 5. The van der Waals surface area contributed by atoms with Gasteiger partial charge in [-0.3, -0.25) is 0 Å². The quantitative estimate of drug-likeness (QED) is 0.852. The highest BCUT2D eigenvalue weighted by atomic mass is 16.5. The molecule has 0 saturated heterocycles. The number of hydrogen-bond donors (Lipinski definition) is 2. The van der Waals surface area contributed by atoms with Gasteiger partial charge in [0.15, 0.2) is 11.5 Å². The van der Waals surface area contributed by atoms with Crippen LogP contribution in [-0.2, 0) is 19.4 Å². The van der Waals surface area contributed by atoms with Gasteiger partial charge in [-0.1, -0.05) is 18.2 Å². The third-order valence-corrected chi connectivity index (χ3v) is 5.23. The van der Waals surface area contributed by atoms with E-state index in [9.17, 15) is 9.90 Å². The second-order valence-corrected chi connectivity index (χ2v) is 7.09. The SMILES string of the molecule is COc1cc(CN(C(=O)Nc2cccc3c2CCC3)C2CC2)ccc1O. The molecule has 2 amide bonds. The lowest BCUT2D eigenvalue weighted by Crippen LogP contribution is -2.36. The van der Waals surface area contributed by atoms with E-state index in [2.05, 4.69) is 11.4 Å². The van der Waals surface area contributed by atoms with Crippen LogP contribution in [0.3, 0.4) is 0 Å². The Balaban J connectivity index is 1.52. The highest BCUT2D eigenvalue weighted by Crippen LogP contribution is 2.33. The molecule has 2 aliphatic carbocycles. The van der Waals surface area contributed by atoms with Crippen molar-refractivity contribution in [3.63, 3.8) is 0 Å². The van der Waals surface area contributed by atoms with Crippen molar-refractivity contribution in [1.82, 2.24) is 4.90 Å². The summed E-state index contributed by atoms with van der Waals surface area (Å²) in [4.78, 5) is 14.8. The fourth-order valence-electron chi connectivity index (χ4n) is 3.69. The first kappa shape index (κ1) is 16.8. The number of aromatic hydroxyl groups is 1. The monoisotopic (exact) mass is 352 g/mol. The molecule has 0 aromatic heterocycles. The summed E-state index contributed by atoms with van der Waals surface area (Å²) in [7, 11) is 1.53. The van der Waals surface area contributed by atoms with Crippen LogP contribution in [-0.4, -0.2) is 29.2 Å². The van der Waals surface area contributed by atoms with Crippen LogP contribution < -0.4 is 10.1 Å². The number of methoxy groups -OCH3 is 1. The third kappa shape index (κ3) is 3.34. The number of amides is 2. The smallest absolute Gasteiger partial charge is 0.322 e. The van der Waals surface area contributed by atoms with Gasteiger partial charge in [-0.25, -0.2) is 4.79 Å². The van der Waals surface area contributed by atoms with Crippen LogP contribution in [0.5, 0.6) is 11.5 Å². The molecule has 5 heteroatoms. The van der Waals surface area contributed by atoms with Crippen LogP contribution in [0.15, 0.2) is 36.4 Å². The molecule has 1 saturated carbocycles. The van der Waals surface area contributed by atoms with E-state index < -0.39 is 0 Å². The van der Waals surface area contributed by atoms with E-state index in [-0.39, 0.29) is 17.8 Å². The number of carbonyl (C=O) groups is 1. The predicted octanol–water partition coefficient (Wildman–Crippen LogP) is 4.09. The van der Waals surface area contributed by atoms with Crippen molar-refractivity contribution in [1.29, 1.82) is 0 Å². The van der Waals surface area contributed by atoms with Crippen molar-refractivity contribution in [2.24, 2.45) is 0 Å². The standard InChI is InChI=1S/C21H24N2O3/c1-26-20-12-14(8-11-19(20)24)13-23(16-9-10-16)21(25)22-18-7-3-5-15-4-2-6-17(15)18/h3,5,7-8,11-12,16,24H,2,4,6,9-10,13H2,1H3,(H,22,25). The molecular weight excluding hydrogens is 328 g/mol. The van der Waals surface area contributed by atoms with Gasteiger partial charge in [-0.05, 0) is 67.0 Å². The summed E-state index contributed by atoms with van der Waals surface area (Å²) in [6.45, 7) is 0.502. The number of phenols is 1. The zero-order valence-electron chi connectivity index (χ0n) is 15.0. The molecule has 0 spiro atoms. The van der Waals surface area contributed by atoms with Crippen LogP contribution in [0.2, 0.25) is 0 Å². The molecular formula is C21H24N2O3. The molecule has 0 heterocycles. The van der Waals surface area contributed by atoms with E-state index in [1.54, 1.807) is 12.1 Å². The number of anilines is 1. The molecule has 0 unspecified atom stereocenters. The lowest BCUT2D eigenvalue weighted by molar-refractivity contribution is 0.206. The minimum Gasteiger partial charge on any atom is -0.504 e. The molecule has 2 aromatic carbocycles. The van der Waals surface area contributed by atoms with Crippen LogP contribution in [0.4, 0.5) is 10.5 Å². The van der Waals surface area contributed by atoms with Crippen molar-refractivity contribution in [2.75, 3.05) is 12.4 Å². The molecule has 2 N–H and O–H groups in total. The van der Waals surface area contributed by atoms with Crippen LogP contribution in [0, 0.1) is 0 Å². The van der Waals surface area contributed by atoms with Crippen LogP contribution in [0.1, 0.15) is 36.0 Å². The molecule has 5 nitrogen and oxygen atoms in total. The van der Waals surface area contributed by atoms with E-state index in [1.807, 2.05) is 23.1 Å². The summed E-state index contributed by atoms with van der Waals surface area (Å²) >= 11 is 0. The van der Waals surface area contributed by atoms with E-state index in [1.165, 1.54) is 18.2 Å².